The SMILES string of the molecule is COC(=O)c1ccc(N2CCC[C@@H](Oc3ccc(C(F)(F)F)cc3)C2)cc1. The van der Waals surface area contributed by atoms with Gasteiger partial charge in [-0.3, -0.25) is 0 Å². The van der Waals surface area contributed by atoms with E-state index in [2.05, 4.69) is 4.90 Å². The van der Waals surface area contributed by atoms with Crippen LogP contribution in [0, 0.1) is 0 Å². The van der Waals surface area contributed by atoms with E-state index in [1.54, 1.807) is 12.1 Å². The molecule has 2 aromatic rings. The number of nitrogens with zero attached hydrogens (tertiary/aromatic N) is 1. The van der Waals surface area contributed by atoms with E-state index in [4.69, 9.17) is 9.47 Å². The highest BCUT2D eigenvalue weighted by Crippen LogP contribution is 2.31. The third-order valence-corrected chi connectivity index (χ3v) is 4.52. The van der Waals surface area contributed by atoms with Gasteiger partial charge in [-0.25, -0.2) is 4.79 Å². The van der Waals surface area contributed by atoms with Crippen molar-refractivity contribution in [2.75, 3.05) is 25.1 Å². The van der Waals surface area contributed by atoms with Crippen molar-refractivity contribution >= 4 is 11.7 Å². The molecule has 4 nitrogen and oxygen atoms in total. The fraction of sp³-hybridized carbons (Fsp3) is 0.350. The number of esters is 1. The van der Waals surface area contributed by atoms with E-state index in [0.717, 1.165) is 37.2 Å². The van der Waals surface area contributed by atoms with Crippen LogP contribution >= 0.6 is 0 Å². The highest BCUT2D eigenvalue weighted by atomic mass is 19.4. The predicted molar refractivity (Wildman–Crippen MR) is 95.1 cm³/mol. The number of rotatable bonds is 4. The van der Waals surface area contributed by atoms with Gasteiger partial charge in [-0.15, -0.1) is 0 Å². The largest absolute Gasteiger partial charge is 0.489 e. The molecule has 144 valence electrons. The summed E-state index contributed by atoms with van der Waals surface area (Å²) in [5.74, 6) is 0.0413. The number of carbonyl (C=O) groups is 1. The van der Waals surface area contributed by atoms with Gasteiger partial charge in [0.05, 0.1) is 24.8 Å². The van der Waals surface area contributed by atoms with E-state index in [9.17, 15) is 18.0 Å². The van der Waals surface area contributed by atoms with E-state index in [-0.39, 0.29) is 12.1 Å². The molecule has 0 spiro atoms. The normalized spacial score (nSPS) is 17.5. The summed E-state index contributed by atoms with van der Waals surface area (Å²) in [6.07, 6.45) is -2.73. The zero-order chi connectivity index (χ0) is 19.4. The van der Waals surface area contributed by atoms with Gasteiger partial charge in [0.2, 0.25) is 0 Å². The number of methoxy groups -OCH3 is 1. The van der Waals surface area contributed by atoms with Crippen molar-refractivity contribution in [2.24, 2.45) is 0 Å². The minimum Gasteiger partial charge on any atom is -0.489 e. The van der Waals surface area contributed by atoms with Crippen LogP contribution in [0.15, 0.2) is 48.5 Å². The van der Waals surface area contributed by atoms with Crippen LogP contribution in [0.4, 0.5) is 18.9 Å². The molecule has 1 saturated heterocycles. The van der Waals surface area contributed by atoms with Crippen molar-refractivity contribution < 1.29 is 27.4 Å². The summed E-state index contributed by atoms with van der Waals surface area (Å²) < 4.78 is 48.5. The van der Waals surface area contributed by atoms with Gasteiger partial charge in [0.15, 0.2) is 0 Å². The first-order valence-electron chi connectivity index (χ1n) is 8.64. The molecule has 1 heterocycles. The maximum absolute atomic E-state index is 12.6. The molecule has 0 radical (unpaired) electrons. The van der Waals surface area contributed by atoms with Gasteiger partial charge >= 0.3 is 12.1 Å². The second-order valence-electron chi connectivity index (χ2n) is 6.39. The Kier molecular flexibility index (Phi) is 5.58. The van der Waals surface area contributed by atoms with Crippen molar-refractivity contribution in [3.8, 4) is 5.75 Å². The molecular weight excluding hydrogens is 359 g/mol. The van der Waals surface area contributed by atoms with Gasteiger partial charge in [-0.2, -0.15) is 13.2 Å². The fourth-order valence-electron chi connectivity index (χ4n) is 3.11. The summed E-state index contributed by atoms with van der Waals surface area (Å²) in [5, 5.41) is 0. The maximum Gasteiger partial charge on any atom is 0.416 e. The van der Waals surface area contributed by atoms with Crippen molar-refractivity contribution in [1.82, 2.24) is 0 Å². The Morgan fingerprint density at radius 2 is 1.74 bits per heavy atom. The van der Waals surface area contributed by atoms with Crippen LogP contribution in [0.1, 0.15) is 28.8 Å². The Bertz CT molecular complexity index is 773. The smallest absolute Gasteiger partial charge is 0.416 e. The molecular formula is C20H20F3NO3. The van der Waals surface area contributed by atoms with Gasteiger partial charge in [0, 0.05) is 12.2 Å². The van der Waals surface area contributed by atoms with E-state index < -0.39 is 11.7 Å². The lowest BCUT2D eigenvalue weighted by Crippen LogP contribution is -2.41. The third kappa shape index (κ3) is 4.72. The summed E-state index contributed by atoms with van der Waals surface area (Å²) in [4.78, 5) is 13.7. The van der Waals surface area contributed by atoms with Gasteiger partial charge in [-0.05, 0) is 61.4 Å². The molecule has 0 aromatic heterocycles. The fourth-order valence-corrected chi connectivity index (χ4v) is 3.11. The number of ether oxygens (including phenoxy) is 2. The molecule has 3 rings (SSSR count). The average Bonchev–Trinajstić information content (AvgIpc) is 2.67. The molecule has 1 aliphatic rings. The zero-order valence-corrected chi connectivity index (χ0v) is 14.8. The van der Waals surface area contributed by atoms with E-state index >= 15 is 0 Å². The highest BCUT2D eigenvalue weighted by Gasteiger charge is 2.30. The molecule has 0 unspecified atom stereocenters. The topological polar surface area (TPSA) is 38.8 Å². The Morgan fingerprint density at radius 3 is 2.33 bits per heavy atom. The number of alkyl halides is 3. The van der Waals surface area contributed by atoms with Crippen molar-refractivity contribution in [3.05, 3.63) is 59.7 Å². The lowest BCUT2D eigenvalue weighted by Gasteiger charge is -2.34. The first-order valence-corrected chi connectivity index (χ1v) is 8.64. The standard InChI is InChI=1S/C20H20F3NO3/c1-26-19(25)14-4-8-16(9-5-14)24-12-2-3-18(13-24)27-17-10-6-15(7-11-17)20(21,22)23/h4-11,18H,2-3,12-13H2,1H3/t18-/m1/s1. The Morgan fingerprint density at radius 1 is 1.07 bits per heavy atom. The highest BCUT2D eigenvalue weighted by molar-refractivity contribution is 5.89. The Labute approximate surface area is 155 Å². The predicted octanol–water partition coefficient (Wildman–Crippen LogP) is 4.54. The quantitative estimate of drug-likeness (QED) is 0.731. The number of hydrogen-bond donors (Lipinski definition) is 0. The summed E-state index contributed by atoms with van der Waals surface area (Å²) in [5.41, 5.74) is 0.755. The molecule has 0 aliphatic carbocycles. The van der Waals surface area contributed by atoms with E-state index in [1.807, 2.05) is 12.1 Å². The average molecular weight is 379 g/mol. The molecule has 0 saturated carbocycles. The van der Waals surface area contributed by atoms with Crippen molar-refractivity contribution in [2.45, 2.75) is 25.1 Å². The molecule has 1 fully saturated rings. The number of carbonyl (C=O) groups excluding carboxylic acids is 1. The Balaban J connectivity index is 1.63. The summed E-state index contributed by atoms with van der Waals surface area (Å²) in [7, 11) is 1.34. The number of piperidine rings is 1. The lowest BCUT2D eigenvalue weighted by atomic mass is 10.1. The van der Waals surface area contributed by atoms with Gasteiger partial charge < -0.3 is 14.4 Å². The number of anilines is 1. The second kappa shape index (κ2) is 7.90. The second-order valence-corrected chi connectivity index (χ2v) is 6.39. The van der Waals surface area contributed by atoms with Crippen LogP contribution in [0.5, 0.6) is 5.75 Å². The minimum atomic E-state index is -4.35. The van der Waals surface area contributed by atoms with Crippen LogP contribution in [-0.2, 0) is 10.9 Å². The van der Waals surface area contributed by atoms with Crippen LogP contribution in [0.25, 0.3) is 0 Å². The molecule has 0 amide bonds. The van der Waals surface area contributed by atoms with Crippen LogP contribution in [0.3, 0.4) is 0 Å². The lowest BCUT2D eigenvalue weighted by molar-refractivity contribution is -0.137. The van der Waals surface area contributed by atoms with Gasteiger partial charge in [0.25, 0.3) is 0 Å². The first-order chi connectivity index (χ1) is 12.9. The number of halogens is 3. The van der Waals surface area contributed by atoms with Crippen molar-refractivity contribution in [3.63, 3.8) is 0 Å². The number of benzene rings is 2. The van der Waals surface area contributed by atoms with Crippen molar-refractivity contribution in [1.29, 1.82) is 0 Å². The first kappa shape index (κ1) is 19.1. The third-order valence-electron chi connectivity index (χ3n) is 4.52. The maximum atomic E-state index is 12.6. The molecule has 0 N–H and O–H groups in total. The molecule has 7 heteroatoms. The molecule has 1 atom stereocenters. The van der Waals surface area contributed by atoms with E-state index in [0.29, 0.717) is 17.9 Å². The van der Waals surface area contributed by atoms with Gasteiger partial charge in [0.1, 0.15) is 11.9 Å². The molecule has 2 aromatic carbocycles. The van der Waals surface area contributed by atoms with Gasteiger partial charge in [-0.1, -0.05) is 0 Å². The monoisotopic (exact) mass is 379 g/mol. The molecule has 27 heavy (non-hydrogen) atoms. The number of hydrogen-bond acceptors (Lipinski definition) is 4. The van der Waals surface area contributed by atoms with Crippen LogP contribution < -0.4 is 9.64 Å². The van der Waals surface area contributed by atoms with Crippen LogP contribution in [-0.4, -0.2) is 32.3 Å². The van der Waals surface area contributed by atoms with Crippen LogP contribution in [0.2, 0.25) is 0 Å². The summed E-state index contributed by atoms with van der Waals surface area (Å²) in [6, 6.07) is 11.9. The molecule has 1 aliphatic heterocycles. The molecule has 0 bridgehead atoms. The Hall–Kier alpha value is -2.70. The summed E-state index contributed by atoms with van der Waals surface area (Å²) >= 11 is 0. The minimum absolute atomic E-state index is 0.115. The zero-order valence-electron chi connectivity index (χ0n) is 14.8. The van der Waals surface area contributed by atoms with E-state index in [1.165, 1.54) is 19.2 Å². The summed E-state index contributed by atoms with van der Waals surface area (Å²) in [6.45, 7) is 1.48.